The highest BCUT2D eigenvalue weighted by molar-refractivity contribution is 7.71. The fraction of sp³-hybridized carbons (Fsp3) is 0.478. The largest absolute Gasteiger partial charge is 0.353 e. The van der Waals surface area contributed by atoms with Gasteiger partial charge in [-0.1, -0.05) is 24.4 Å². The van der Waals surface area contributed by atoms with E-state index in [1.54, 1.807) is 12.1 Å². The van der Waals surface area contributed by atoms with Crippen LogP contribution >= 0.6 is 23.8 Å². The van der Waals surface area contributed by atoms with Crippen molar-refractivity contribution in [2.75, 3.05) is 0 Å². The van der Waals surface area contributed by atoms with Crippen LogP contribution in [0.3, 0.4) is 0 Å². The van der Waals surface area contributed by atoms with Gasteiger partial charge in [-0.25, -0.2) is 4.39 Å². The normalized spacial score (nSPS) is 24.0. The van der Waals surface area contributed by atoms with Gasteiger partial charge in [0.15, 0.2) is 4.77 Å². The van der Waals surface area contributed by atoms with E-state index in [2.05, 4.69) is 22.7 Å². The van der Waals surface area contributed by atoms with E-state index in [-0.39, 0.29) is 23.1 Å². The maximum atomic E-state index is 14.6. The van der Waals surface area contributed by atoms with Crippen molar-refractivity contribution in [1.82, 2.24) is 14.5 Å². The van der Waals surface area contributed by atoms with E-state index >= 15 is 0 Å². The Hall–Kier alpha value is -2.10. The number of halogens is 2. The number of nitrogens with zero attached hydrogens (tertiary/aromatic N) is 2. The van der Waals surface area contributed by atoms with E-state index in [9.17, 15) is 9.18 Å². The number of fused-ring (bicyclic) bond motifs is 3. The molecule has 2 saturated carbocycles. The molecule has 0 spiro atoms. The van der Waals surface area contributed by atoms with Crippen molar-refractivity contribution in [1.29, 1.82) is 0 Å². The predicted molar refractivity (Wildman–Crippen MR) is 119 cm³/mol. The van der Waals surface area contributed by atoms with E-state index in [0.717, 1.165) is 30.7 Å². The van der Waals surface area contributed by atoms with E-state index < -0.39 is 0 Å². The van der Waals surface area contributed by atoms with E-state index in [1.807, 2.05) is 11.6 Å². The zero-order chi connectivity index (χ0) is 21.6. The topological polar surface area (TPSA) is 39.0 Å². The highest BCUT2D eigenvalue weighted by Crippen LogP contribution is 2.66. The molecule has 3 aliphatic rings. The molecular formula is C23H25ClFN3OS. The zero-order valence-electron chi connectivity index (χ0n) is 17.0. The van der Waals surface area contributed by atoms with Crippen LogP contribution in [0.5, 0.6) is 0 Å². The molecule has 5 rings (SSSR count). The minimum absolute atomic E-state index is 0.0537. The zero-order valence-corrected chi connectivity index (χ0v) is 18.5. The smallest absolute Gasteiger partial charge is 0.226 e. The number of benzene rings is 1. The molecule has 1 amide bonds. The first-order chi connectivity index (χ1) is 14.4. The maximum absolute atomic E-state index is 14.6. The quantitative estimate of drug-likeness (QED) is 0.550. The number of rotatable bonds is 4. The Morgan fingerprint density at radius 1 is 1.37 bits per heavy atom. The second kappa shape index (κ2) is 7.86. The van der Waals surface area contributed by atoms with E-state index in [0.29, 0.717) is 34.4 Å². The molecule has 7 heteroatoms. The molecule has 0 bridgehead atoms. The van der Waals surface area contributed by atoms with Crippen LogP contribution in [0.25, 0.3) is 0 Å². The molecule has 1 aromatic carbocycles. The molecule has 30 heavy (non-hydrogen) atoms. The third-order valence-electron chi connectivity index (χ3n) is 6.87. The summed E-state index contributed by atoms with van der Waals surface area (Å²) in [6.07, 6.45) is 13.7. The van der Waals surface area contributed by atoms with Crippen molar-refractivity contribution >= 4 is 29.7 Å². The lowest BCUT2D eigenvalue weighted by Crippen LogP contribution is -2.34. The van der Waals surface area contributed by atoms with Crippen molar-refractivity contribution in [3.8, 4) is 12.8 Å². The number of nitrogens with one attached hydrogen (secondary N) is 1. The van der Waals surface area contributed by atoms with Crippen molar-refractivity contribution < 1.29 is 9.18 Å². The third kappa shape index (κ3) is 3.29. The molecule has 2 aliphatic carbocycles. The average Bonchev–Trinajstić information content (AvgIpc) is 3.02. The molecule has 2 atom stereocenters. The lowest BCUT2D eigenvalue weighted by molar-refractivity contribution is -0.121. The maximum Gasteiger partial charge on any atom is 0.226 e. The van der Waals surface area contributed by atoms with Gasteiger partial charge in [-0.2, -0.15) is 0 Å². The minimum Gasteiger partial charge on any atom is -0.353 e. The minimum atomic E-state index is -0.275. The molecule has 1 aliphatic heterocycles. The monoisotopic (exact) mass is 445 g/mol. The molecule has 2 aromatic rings. The molecule has 0 saturated heterocycles. The summed E-state index contributed by atoms with van der Waals surface area (Å²) in [5.41, 5.74) is 2.47. The molecule has 2 heterocycles. The average molecular weight is 446 g/mol. The summed E-state index contributed by atoms with van der Waals surface area (Å²) >= 11 is 11.8. The Bertz CT molecular complexity index is 1080. The number of amides is 1. The lowest BCUT2D eigenvalue weighted by atomic mass is 9.93. The summed E-state index contributed by atoms with van der Waals surface area (Å²) in [7, 11) is 1.93. The van der Waals surface area contributed by atoms with Gasteiger partial charge in [0.2, 0.25) is 5.91 Å². The highest BCUT2D eigenvalue weighted by Gasteiger charge is 2.63. The molecule has 1 N–H and O–H groups in total. The highest BCUT2D eigenvalue weighted by atomic mass is 35.5. The molecule has 1 unspecified atom stereocenters. The van der Waals surface area contributed by atoms with Crippen LogP contribution in [0.4, 0.5) is 4.39 Å². The number of aromatic nitrogens is 2. The van der Waals surface area contributed by atoms with Crippen molar-refractivity contribution in [2.24, 2.45) is 7.05 Å². The summed E-state index contributed by atoms with van der Waals surface area (Å²) < 4.78 is 19.3. The van der Waals surface area contributed by atoms with Crippen LogP contribution in [0.2, 0.25) is 5.02 Å². The van der Waals surface area contributed by atoms with Gasteiger partial charge in [-0.15, -0.1) is 12.8 Å². The van der Waals surface area contributed by atoms with Crippen LogP contribution in [0, 0.1) is 23.4 Å². The third-order valence-corrected chi connectivity index (χ3v) is 7.60. The van der Waals surface area contributed by atoms with Gasteiger partial charge in [0.25, 0.3) is 0 Å². The summed E-state index contributed by atoms with van der Waals surface area (Å²) in [5.74, 6) is 0.0316. The Morgan fingerprint density at radius 3 is 2.77 bits per heavy atom. The Balaban J connectivity index is 0.00000106. The summed E-state index contributed by atoms with van der Waals surface area (Å²) in [6, 6.07) is 5.08. The number of carbonyl (C=O) groups excluding carboxylic acids is 1. The van der Waals surface area contributed by atoms with Crippen molar-refractivity contribution in [3.05, 3.63) is 50.8 Å². The van der Waals surface area contributed by atoms with Gasteiger partial charge in [0, 0.05) is 47.4 Å². The SMILES string of the molecule is C#C.Cn1c(CC(=O)NC2CCCC2)c2n(c1=S)C[C@@]1(c3cc(Cl)ccc3F)CC21. The van der Waals surface area contributed by atoms with Crippen LogP contribution in [-0.4, -0.2) is 21.1 Å². The second-order valence-electron chi connectivity index (χ2n) is 8.52. The Labute approximate surface area is 186 Å². The van der Waals surface area contributed by atoms with Gasteiger partial charge in [0.1, 0.15) is 5.82 Å². The number of terminal acetylenes is 1. The molecular weight excluding hydrogens is 421 g/mol. The summed E-state index contributed by atoms with van der Waals surface area (Å²) in [6.45, 7) is 0.654. The van der Waals surface area contributed by atoms with Crippen molar-refractivity contribution in [2.45, 2.75) is 62.4 Å². The predicted octanol–water partition coefficient (Wildman–Crippen LogP) is 4.64. The van der Waals surface area contributed by atoms with Gasteiger partial charge in [-0.05, 0) is 55.2 Å². The lowest BCUT2D eigenvalue weighted by Gasteiger charge is -2.15. The first-order valence-electron chi connectivity index (χ1n) is 10.3. The molecule has 0 radical (unpaired) electrons. The van der Waals surface area contributed by atoms with Crippen molar-refractivity contribution in [3.63, 3.8) is 0 Å². The van der Waals surface area contributed by atoms with Crippen LogP contribution in [0.1, 0.15) is 55.0 Å². The molecule has 2 fully saturated rings. The number of hydrogen-bond acceptors (Lipinski definition) is 2. The van der Waals surface area contributed by atoms with Gasteiger partial charge in [0.05, 0.1) is 6.42 Å². The molecule has 1 aromatic heterocycles. The van der Waals surface area contributed by atoms with Crippen LogP contribution < -0.4 is 5.32 Å². The van der Waals surface area contributed by atoms with Crippen LogP contribution in [-0.2, 0) is 30.2 Å². The van der Waals surface area contributed by atoms with Gasteiger partial charge < -0.3 is 14.5 Å². The fourth-order valence-corrected chi connectivity index (χ4v) is 5.81. The summed E-state index contributed by atoms with van der Waals surface area (Å²) in [5, 5.41) is 3.72. The number of imidazole rings is 1. The van der Waals surface area contributed by atoms with E-state index in [4.69, 9.17) is 23.8 Å². The first kappa shape index (κ1) is 21.1. The number of carbonyl (C=O) groups is 1. The Kier molecular flexibility index (Phi) is 5.54. The standard InChI is InChI=1S/C21H23ClFN3OS.C2H2/c1-25-17(9-18(27)24-13-4-2-3-5-13)19-15-10-21(15,11-26(19)20(25)28)14-8-12(22)6-7-16(14)23;1-2/h6-8,13,15H,2-5,9-11H2,1H3,(H,24,27);1-2H/t15?,21-;/m1./s1. The van der Waals surface area contributed by atoms with Gasteiger partial charge in [-0.3, -0.25) is 4.79 Å². The Morgan fingerprint density at radius 2 is 2.07 bits per heavy atom. The van der Waals surface area contributed by atoms with Crippen LogP contribution in [0.15, 0.2) is 18.2 Å². The molecule has 158 valence electrons. The fourth-order valence-electron chi connectivity index (χ4n) is 5.36. The van der Waals surface area contributed by atoms with Gasteiger partial charge >= 0.3 is 0 Å². The number of hydrogen-bond donors (Lipinski definition) is 1. The first-order valence-corrected chi connectivity index (χ1v) is 11.1. The molecule has 4 nitrogen and oxygen atoms in total. The second-order valence-corrected chi connectivity index (χ2v) is 9.32. The summed E-state index contributed by atoms with van der Waals surface area (Å²) in [4.78, 5) is 12.7. The van der Waals surface area contributed by atoms with E-state index in [1.165, 1.54) is 18.9 Å².